The van der Waals surface area contributed by atoms with E-state index in [1.807, 2.05) is 0 Å². The van der Waals surface area contributed by atoms with E-state index in [9.17, 15) is 9.59 Å². The van der Waals surface area contributed by atoms with Crippen LogP contribution in [0.3, 0.4) is 0 Å². The minimum atomic E-state index is -0.333. The van der Waals surface area contributed by atoms with Crippen molar-refractivity contribution in [3.8, 4) is 0 Å². The third-order valence-electron chi connectivity index (χ3n) is 2.54. The zero-order valence-corrected chi connectivity index (χ0v) is 8.80. The largest absolute Gasteiger partial charge is 0.344 e. The van der Waals surface area contributed by atoms with Crippen LogP contribution in [0.4, 0.5) is 0 Å². The molecule has 0 saturated carbocycles. The second kappa shape index (κ2) is 5.10. The molecule has 1 fully saturated rings. The summed E-state index contributed by atoms with van der Waals surface area (Å²) >= 11 is 0. The van der Waals surface area contributed by atoms with Crippen molar-refractivity contribution in [2.45, 2.75) is 45.2 Å². The van der Waals surface area contributed by atoms with Gasteiger partial charge >= 0.3 is 0 Å². The van der Waals surface area contributed by atoms with Crippen LogP contribution >= 0.6 is 0 Å². The minimum absolute atomic E-state index is 0.0137. The smallest absolute Gasteiger partial charge is 0.237 e. The highest BCUT2D eigenvalue weighted by molar-refractivity contribution is 5.91. The fraction of sp³-hybridized carbons (Fsp3) is 0.800. The Morgan fingerprint density at radius 3 is 2.79 bits per heavy atom. The monoisotopic (exact) mass is 198 g/mol. The number of hydrogen-bond acceptors (Lipinski definition) is 3. The summed E-state index contributed by atoms with van der Waals surface area (Å²) in [5, 5.41) is 5.83. The lowest BCUT2D eigenvalue weighted by atomic mass is 10.0. The average Bonchev–Trinajstić information content (AvgIpc) is 2.15. The summed E-state index contributed by atoms with van der Waals surface area (Å²) in [6.07, 6.45) is 2.98. The molecule has 0 spiro atoms. The summed E-state index contributed by atoms with van der Waals surface area (Å²) in [5.41, 5.74) is 0. The van der Waals surface area contributed by atoms with Gasteiger partial charge in [0.2, 0.25) is 5.91 Å². The third kappa shape index (κ3) is 2.80. The molecule has 0 bridgehead atoms. The van der Waals surface area contributed by atoms with Gasteiger partial charge in [-0.1, -0.05) is 19.8 Å². The van der Waals surface area contributed by atoms with E-state index in [0.29, 0.717) is 6.54 Å². The predicted molar refractivity (Wildman–Crippen MR) is 53.9 cm³/mol. The van der Waals surface area contributed by atoms with Crippen LogP contribution in [0.5, 0.6) is 0 Å². The van der Waals surface area contributed by atoms with Crippen LogP contribution in [0.1, 0.15) is 33.1 Å². The molecule has 2 atom stereocenters. The Bertz CT molecular complexity index is 228. The second-order valence-corrected chi connectivity index (χ2v) is 3.77. The van der Waals surface area contributed by atoms with E-state index in [1.54, 1.807) is 0 Å². The second-order valence-electron chi connectivity index (χ2n) is 3.77. The lowest BCUT2D eigenvalue weighted by molar-refractivity contribution is -0.130. The Kier molecular flexibility index (Phi) is 4.07. The van der Waals surface area contributed by atoms with Gasteiger partial charge < -0.3 is 10.6 Å². The van der Waals surface area contributed by atoms with Gasteiger partial charge in [0.1, 0.15) is 0 Å². The first-order valence-corrected chi connectivity index (χ1v) is 5.19. The fourth-order valence-corrected chi connectivity index (χ4v) is 1.56. The van der Waals surface area contributed by atoms with Gasteiger partial charge in [0.25, 0.3) is 0 Å². The van der Waals surface area contributed by atoms with Crippen molar-refractivity contribution in [1.29, 1.82) is 0 Å². The molecular weight excluding hydrogens is 180 g/mol. The van der Waals surface area contributed by atoms with E-state index < -0.39 is 0 Å². The van der Waals surface area contributed by atoms with Crippen molar-refractivity contribution in [2.75, 3.05) is 6.54 Å². The zero-order chi connectivity index (χ0) is 10.6. The normalized spacial score (nSPS) is 27.1. The zero-order valence-electron chi connectivity index (χ0n) is 8.80. The summed E-state index contributed by atoms with van der Waals surface area (Å²) < 4.78 is 0. The van der Waals surface area contributed by atoms with E-state index in [1.165, 1.54) is 6.92 Å². The van der Waals surface area contributed by atoms with E-state index in [2.05, 4.69) is 17.6 Å². The Morgan fingerprint density at radius 1 is 1.57 bits per heavy atom. The lowest BCUT2D eigenvalue weighted by Gasteiger charge is -2.28. The molecule has 0 radical (unpaired) electrons. The molecule has 80 valence electrons. The molecule has 4 heteroatoms. The van der Waals surface area contributed by atoms with Crippen LogP contribution in [0.25, 0.3) is 0 Å². The number of carbonyl (C=O) groups excluding carboxylic acids is 2. The summed E-state index contributed by atoms with van der Waals surface area (Å²) in [6.45, 7) is 4.16. The van der Waals surface area contributed by atoms with Crippen LogP contribution in [0.15, 0.2) is 0 Å². The topological polar surface area (TPSA) is 58.2 Å². The molecule has 0 unspecified atom stereocenters. The van der Waals surface area contributed by atoms with Crippen LogP contribution in [0.2, 0.25) is 0 Å². The van der Waals surface area contributed by atoms with Crippen LogP contribution < -0.4 is 10.6 Å². The van der Waals surface area contributed by atoms with Gasteiger partial charge in [-0.15, -0.1) is 0 Å². The van der Waals surface area contributed by atoms with Crippen LogP contribution in [0, 0.1) is 0 Å². The summed E-state index contributed by atoms with van der Waals surface area (Å²) in [6, 6.07) is -0.439. The van der Waals surface area contributed by atoms with E-state index in [-0.39, 0.29) is 23.8 Å². The number of hydrogen-bond donors (Lipinski definition) is 2. The van der Waals surface area contributed by atoms with Crippen molar-refractivity contribution >= 4 is 11.7 Å². The van der Waals surface area contributed by atoms with Gasteiger partial charge in [-0.3, -0.25) is 9.59 Å². The minimum Gasteiger partial charge on any atom is -0.344 e. The third-order valence-corrected chi connectivity index (χ3v) is 2.54. The maximum absolute atomic E-state index is 11.5. The molecule has 0 aromatic rings. The molecule has 0 aliphatic carbocycles. The van der Waals surface area contributed by atoms with Gasteiger partial charge in [-0.2, -0.15) is 0 Å². The average molecular weight is 198 g/mol. The first-order valence-electron chi connectivity index (χ1n) is 5.19. The number of carbonyl (C=O) groups is 2. The molecule has 14 heavy (non-hydrogen) atoms. The standard InChI is InChI=1S/C10H18N2O2/c1-3-4-5-8-10(14)12-9(6-11-8)7(2)13/h8-9,11H,3-6H2,1-2H3,(H,12,14)/t8-,9-/m1/s1. The van der Waals surface area contributed by atoms with Crippen molar-refractivity contribution < 1.29 is 9.59 Å². The molecule has 1 aliphatic rings. The van der Waals surface area contributed by atoms with Gasteiger partial charge in [-0.25, -0.2) is 0 Å². The number of nitrogens with one attached hydrogen (secondary N) is 2. The van der Waals surface area contributed by atoms with E-state index >= 15 is 0 Å². The molecule has 1 rings (SSSR count). The van der Waals surface area contributed by atoms with E-state index in [4.69, 9.17) is 0 Å². The number of Topliss-reactive ketones (excluding diaryl/α,β-unsaturated/α-hetero) is 1. The van der Waals surface area contributed by atoms with Crippen LogP contribution in [-0.4, -0.2) is 30.3 Å². The van der Waals surface area contributed by atoms with Crippen molar-refractivity contribution in [1.82, 2.24) is 10.6 Å². The predicted octanol–water partition coefficient (Wildman–Crippen LogP) is 0.222. The first kappa shape index (κ1) is 11.2. The highest BCUT2D eigenvalue weighted by atomic mass is 16.2. The highest BCUT2D eigenvalue weighted by Crippen LogP contribution is 2.05. The first-order chi connectivity index (χ1) is 6.65. The van der Waals surface area contributed by atoms with Crippen molar-refractivity contribution in [2.24, 2.45) is 0 Å². The lowest BCUT2D eigenvalue weighted by Crippen LogP contribution is -2.60. The molecule has 0 aromatic heterocycles. The SMILES string of the molecule is CCCC[C@H]1NC[C@H](C(C)=O)NC1=O. The molecule has 1 aliphatic heterocycles. The molecule has 2 N–H and O–H groups in total. The molecule has 1 amide bonds. The highest BCUT2D eigenvalue weighted by Gasteiger charge is 2.28. The van der Waals surface area contributed by atoms with E-state index in [0.717, 1.165) is 19.3 Å². The molecular formula is C10H18N2O2. The maximum Gasteiger partial charge on any atom is 0.237 e. The molecule has 1 saturated heterocycles. The Morgan fingerprint density at radius 2 is 2.29 bits per heavy atom. The van der Waals surface area contributed by atoms with Gasteiger partial charge in [0.05, 0.1) is 12.1 Å². The number of amides is 1. The quantitative estimate of drug-likeness (QED) is 0.679. The molecule has 0 aromatic carbocycles. The maximum atomic E-state index is 11.5. The summed E-state index contributed by atoms with van der Waals surface area (Å²) in [4.78, 5) is 22.5. The summed E-state index contributed by atoms with van der Waals surface area (Å²) in [7, 11) is 0. The number of ketones is 1. The summed E-state index contributed by atoms with van der Waals surface area (Å²) in [5.74, 6) is -0.0234. The molecule has 4 nitrogen and oxygen atoms in total. The van der Waals surface area contributed by atoms with Crippen molar-refractivity contribution in [3.05, 3.63) is 0 Å². The number of piperazine rings is 1. The fourth-order valence-electron chi connectivity index (χ4n) is 1.56. The van der Waals surface area contributed by atoms with Gasteiger partial charge in [-0.05, 0) is 13.3 Å². The Balaban J connectivity index is 2.40. The Labute approximate surface area is 84.4 Å². The Hall–Kier alpha value is -0.900. The van der Waals surface area contributed by atoms with Gasteiger partial charge in [0, 0.05) is 6.54 Å². The number of unbranched alkanes of at least 4 members (excludes halogenated alkanes) is 1. The van der Waals surface area contributed by atoms with Crippen LogP contribution in [-0.2, 0) is 9.59 Å². The number of rotatable bonds is 4. The van der Waals surface area contributed by atoms with Crippen molar-refractivity contribution in [3.63, 3.8) is 0 Å². The molecule has 1 heterocycles. The van der Waals surface area contributed by atoms with Gasteiger partial charge in [0.15, 0.2) is 5.78 Å².